The second-order valence-corrected chi connectivity index (χ2v) is 7.22. The molecule has 1 aromatic carbocycles. The summed E-state index contributed by atoms with van der Waals surface area (Å²) in [5.74, 6) is 0.708. The van der Waals surface area contributed by atoms with Crippen molar-refractivity contribution in [1.82, 2.24) is 25.5 Å². The Bertz CT molecular complexity index is 885. The quantitative estimate of drug-likeness (QED) is 0.522. The van der Waals surface area contributed by atoms with E-state index in [1.54, 1.807) is 0 Å². The van der Waals surface area contributed by atoms with Crippen LogP contribution in [0.2, 0.25) is 0 Å². The minimum absolute atomic E-state index is 0.0797. The Kier molecular flexibility index (Phi) is 5.20. The van der Waals surface area contributed by atoms with Crippen LogP contribution in [0.15, 0.2) is 52.9 Å². The number of hydrazone groups is 1. The molecule has 2 N–H and O–H groups in total. The number of aromatic nitrogens is 4. The van der Waals surface area contributed by atoms with E-state index in [0.29, 0.717) is 30.7 Å². The summed E-state index contributed by atoms with van der Waals surface area (Å²) < 4.78 is 0. The van der Waals surface area contributed by atoms with Crippen molar-refractivity contribution in [1.29, 1.82) is 0 Å². The first-order chi connectivity index (χ1) is 13.3. The minimum atomic E-state index is -0.0797. The Hall–Kier alpha value is -3.07. The molecule has 1 amide bonds. The van der Waals surface area contributed by atoms with Gasteiger partial charge in [-0.2, -0.15) is 5.10 Å². The number of rotatable bonds is 5. The van der Waals surface area contributed by atoms with Gasteiger partial charge >= 0.3 is 0 Å². The van der Waals surface area contributed by atoms with Gasteiger partial charge in [-0.25, -0.2) is 10.5 Å². The van der Waals surface area contributed by atoms with Crippen molar-refractivity contribution in [3.8, 4) is 0 Å². The number of aromatic amines is 1. The number of amides is 1. The van der Waals surface area contributed by atoms with Crippen LogP contribution in [-0.2, 0) is 4.79 Å². The summed E-state index contributed by atoms with van der Waals surface area (Å²) in [7, 11) is 0. The molecular formula is C18H19N7OS. The molecule has 1 fully saturated rings. The number of tetrazole rings is 1. The summed E-state index contributed by atoms with van der Waals surface area (Å²) in [4.78, 5) is 15.8. The number of carbonyl (C=O) groups excluding carboxylic acids is 1. The summed E-state index contributed by atoms with van der Waals surface area (Å²) in [5.41, 5.74) is 4.44. The van der Waals surface area contributed by atoms with Crippen molar-refractivity contribution in [3.05, 3.63) is 58.3 Å². The Morgan fingerprint density at radius 3 is 2.67 bits per heavy atom. The number of carbonyl (C=O) groups is 1. The zero-order valence-corrected chi connectivity index (χ0v) is 15.4. The lowest BCUT2D eigenvalue weighted by molar-refractivity contribution is -0.125. The molecule has 27 heavy (non-hydrogen) atoms. The maximum absolute atomic E-state index is 13.1. The second kappa shape index (κ2) is 8.09. The third kappa shape index (κ3) is 4.03. The largest absolute Gasteiger partial charge is 0.337 e. The summed E-state index contributed by atoms with van der Waals surface area (Å²) in [6.45, 7) is 1.43. The van der Waals surface area contributed by atoms with Gasteiger partial charge in [-0.3, -0.25) is 4.79 Å². The Balaban J connectivity index is 1.47. The number of H-pyrrole nitrogens is 1. The monoisotopic (exact) mass is 381 g/mol. The number of likely N-dealkylation sites (tertiary alicyclic amines) is 1. The fourth-order valence-electron chi connectivity index (χ4n) is 3.23. The lowest BCUT2D eigenvalue weighted by Gasteiger charge is -2.32. The van der Waals surface area contributed by atoms with E-state index in [-0.39, 0.29) is 5.91 Å². The molecule has 8 nitrogen and oxygen atoms in total. The van der Waals surface area contributed by atoms with Gasteiger partial charge < -0.3 is 4.90 Å². The summed E-state index contributed by atoms with van der Waals surface area (Å²) in [5, 5.41) is 19.5. The molecule has 9 heteroatoms. The number of anilines is 1. The van der Waals surface area contributed by atoms with Crippen LogP contribution in [0.1, 0.15) is 29.2 Å². The first-order valence-corrected chi connectivity index (χ1v) is 9.65. The second-order valence-electron chi connectivity index (χ2n) is 6.28. The van der Waals surface area contributed by atoms with Crippen molar-refractivity contribution in [3.63, 3.8) is 0 Å². The van der Waals surface area contributed by atoms with Crippen LogP contribution in [0.4, 0.5) is 5.95 Å². The fourth-order valence-corrected chi connectivity index (χ4v) is 3.93. The topological polar surface area (TPSA) is 99.2 Å². The van der Waals surface area contributed by atoms with Gasteiger partial charge in [-0.1, -0.05) is 41.5 Å². The molecule has 2 aromatic heterocycles. The number of benzene rings is 1. The fraction of sp³-hybridized carbons (Fsp3) is 0.278. The highest BCUT2D eigenvalue weighted by Gasteiger charge is 2.27. The molecule has 0 radical (unpaired) electrons. The highest BCUT2D eigenvalue weighted by Crippen LogP contribution is 2.28. The Morgan fingerprint density at radius 2 is 2.00 bits per heavy atom. The highest BCUT2D eigenvalue weighted by molar-refractivity contribution is 7.13. The van der Waals surface area contributed by atoms with Crippen molar-refractivity contribution >= 4 is 28.9 Å². The Morgan fingerprint density at radius 1 is 1.19 bits per heavy atom. The van der Waals surface area contributed by atoms with Crippen LogP contribution in [-0.4, -0.2) is 50.2 Å². The van der Waals surface area contributed by atoms with Gasteiger partial charge in [0.2, 0.25) is 0 Å². The third-order valence-corrected chi connectivity index (χ3v) is 5.51. The maximum Gasteiger partial charge on any atom is 0.275 e. The average Bonchev–Trinajstić information content (AvgIpc) is 3.43. The van der Waals surface area contributed by atoms with E-state index in [0.717, 1.165) is 17.7 Å². The molecule has 0 unspecified atom stereocenters. The van der Waals surface area contributed by atoms with Crippen molar-refractivity contribution in [2.45, 2.75) is 18.8 Å². The molecule has 1 aliphatic rings. The first kappa shape index (κ1) is 17.3. The molecule has 0 aliphatic carbocycles. The van der Waals surface area contributed by atoms with Crippen LogP contribution < -0.4 is 5.43 Å². The number of nitrogens with one attached hydrogen (secondary N) is 2. The molecule has 1 aliphatic heterocycles. The molecule has 138 valence electrons. The minimum Gasteiger partial charge on any atom is -0.337 e. The predicted molar refractivity (Wildman–Crippen MR) is 104 cm³/mol. The number of hydrogen-bond donors (Lipinski definition) is 2. The lowest BCUT2D eigenvalue weighted by atomic mass is 9.89. The zero-order chi connectivity index (χ0) is 18.5. The highest BCUT2D eigenvalue weighted by atomic mass is 32.1. The smallest absolute Gasteiger partial charge is 0.275 e. The molecule has 4 rings (SSSR count). The van der Waals surface area contributed by atoms with E-state index in [4.69, 9.17) is 0 Å². The molecule has 0 saturated carbocycles. The van der Waals surface area contributed by atoms with E-state index in [2.05, 4.69) is 55.4 Å². The van der Waals surface area contributed by atoms with Crippen LogP contribution in [0.5, 0.6) is 0 Å². The zero-order valence-electron chi connectivity index (χ0n) is 14.6. The summed E-state index contributed by atoms with van der Waals surface area (Å²) in [6, 6.07) is 14.3. The third-order valence-electron chi connectivity index (χ3n) is 4.63. The maximum atomic E-state index is 13.1. The Labute approximate surface area is 160 Å². The van der Waals surface area contributed by atoms with Crippen molar-refractivity contribution in [2.75, 3.05) is 18.5 Å². The summed E-state index contributed by atoms with van der Waals surface area (Å²) in [6.07, 6.45) is 1.90. The number of piperidine rings is 1. The van der Waals surface area contributed by atoms with Crippen LogP contribution >= 0.6 is 11.3 Å². The SMILES string of the molecule is O=C(/C(=N/Nc1nnn[nH]1)c1cccs1)N1CCC(c2ccccc2)CC1. The van der Waals surface area contributed by atoms with Gasteiger partial charge in [-0.05, 0) is 46.2 Å². The van der Waals surface area contributed by atoms with Gasteiger partial charge in [-0.15, -0.1) is 11.3 Å². The van der Waals surface area contributed by atoms with E-state index >= 15 is 0 Å². The number of thiophene rings is 1. The standard InChI is InChI=1S/C18H19N7OS/c26-17(25-10-8-14(9-11-25)13-5-2-1-3-6-13)16(15-7-4-12-27-15)19-20-18-21-23-24-22-18/h1-7,12,14H,8-11H2,(H2,20,21,22,23,24)/b19-16+. The first-order valence-electron chi connectivity index (χ1n) is 8.77. The van der Waals surface area contributed by atoms with Crippen molar-refractivity contribution < 1.29 is 4.79 Å². The van der Waals surface area contributed by atoms with E-state index in [1.165, 1.54) is 16.9 Å². The normalized spacial score (nSPS) is 15.7. The van der Waals surface area contributed by atoms with Gasteiger partial charge in [0, 0.05) is 13.1 Å². The number of nitrogens with zero attached hydrogens (tertiary/aromatic N) is 5. The van der Waals surface area contributed by atoms with E-state index in [9.17, 15) is 4.79 Å². The average molecular weight is 381 g/mol. The molecule has 0 atom stereocenters. The summed E-state index contributed by atoms with van der Waals surface area (Å²) >= 11 is 1.48. The molecule has 3 aromatic rings. The van der Waals surface area contributed by atoms with Crippen LogP contribution in [0, 0.1) is 0 Å². The molecule has 0 bridgehead atoms. The predicted octanol–water partition coefficient (Wildman–Crippen LogP) is 2.48. The van der Waals surface area contributed by atoms with Crippen LogP contribution in [0.25, 0.3) is 0 Å². The van der Waals surface area contributed by atoms with E-state index in [1.807, 2.05) is 28.5 Å². The van der Waals surface area contributed by atoms with Gasteiger partial charge in [0.25, 0.3) is 11.9 Å². The molecule has 1 saturated heterocycles. The molecule has 0 spiro atoms. The molecule has 3 heterocycles. The van der Waals surface area contributed by atoms with Gasteiger partial charge in [0.15, 0.2) is 5.71 Å². The van der Waals surface area contributed by atoms with Crippen LogP contribution in [0.3, 0.4) is 0 Å². The number of hydrogen-bond acceptors (Lipinski definition) is 7. The lowest BCUT2D eigenvalue weighted by Crippen LogP contribution is -2.42. The molecular weight excluding hydrogens is 362 g/mol. The van der Waals surface area contributed by atoms with Crippen molar-refractivity contribution in [2.24, 2.45) is 5.10 Å². The van der Waals surface area contributed by atoms with Gasteiger partial charge in [0.05, 0.1) is 4.88 Å². The van der Waals surface area contributed by atoms with E-state index < -0.39 is 0 Å². The van der Waals surface area contributed by atoms with Gasteiger partial charge in [0.1, 0.15) is 0 Å².